The number of carbonyl (C=O) groups excluding carboxylic acids is 2. The van der Waals surface area contributed by atoms with Crippen LogP contribution < -0.4 is 19.7 Å². The lowest BCUT2D eigenvalue weighted by Gasteiger charge is -2.36. The van der Waals surface area contributed by atoms with E-state index in [1.165, 1.54) is 7.11 Å². The number of ether oxygens (including phenoxy) is 3. The van der Waals surface area contributed by atoms with Crippen LogP contribution in [0.4, 0.5) is 16.2 Å². The summed E-state index contributed by atoms with van der Waals surface area (Å²) in [6.45, 7) is 2.88. The van der Waals surface area contributed by atoms with E-state index >= 15 is 0 Å². The summed E-state index contributed by atoms with van der Waals surface area (Å²) in [6.07, 6.45) is 0. The largest absolute Gasteiger partial charge is 0.465 e. The lowest BCUT2D eigenvalue weighted by molar-refractivity contribution is 0.0600. The molecule has 1 N–H and O–H groups in total. The number of hydrogen-bond acceptors (Lipinski definition) is 6. The molecule has 28 heavy (non-hydrogen) atoms. The van der Waals surface area contributed by atoms with Crippen molar-refractivity contribution in [3.63, 3.8) is 0 Å². The Bertz CT molecular complexity index is 893. The Balaban J connectivity index is 1.35. The van der Waals surface area contributed by atoms with Crippen LogP contribution in [0, 0.1) is 0 Å². The SMILES string of the molecule is COC(=O)c1cccc(NC(=O)N2CCN(c3ccc4c(c3)OCO4)CC2)c1. The van der Waals surface area contributed by atoms with Gasteiger partial charge in [-0.3, -0.25) is 0 Å². The predicted molar refractivity (Wildman–Crippen MR) is 103 cm³/mol. The molecule has 0 unspecified atom stereocenters. The summed E-state index contributed by atoms with van der Waals surface area (Å²) in [6, 6.07) is 12.4. The highest BCUT2D eigenvalue weighted by Crippen LogP contribution is 2.35. The van der Waals surface area contributed by atoms with Gasteiger partial charge in [0.1, 0.15) is 0 Å². The Morgan fingerprint density at radius 3 is 2.57 bits per heavy atom. The van der Waals surface area contributed by atoms with Crippen molar-refractivity contribution < 1.29 is 23.8 Å². The number of hydrogen-bond donors (Lipinski definition) is 1. The number of nitrogens with one attached hydrogen (secondary N) is 1. The molecular weight excluding hydrogens is 362 g/mol. The fourth-order valence-corrected chi connectivity index (χ4v) is 3.29. The van der Waals surface area contributed by atoms with Gasteiger partial charge in [0.2, 0.25) is 6.79 Å². The number of urea groups is 1. The first-order valence-corrected chi connectivity index (χ1v) is 9.03. The van der Waals surface area contributed by atoms with E-state index in [4.69, 9.17) is 14.2 Å². The number of rotatable bonds is 3. The van der Waals surface area contributed by atoms with Gasteiger partial charge < -0.3 is 29.3 Å². The van der Waals surface area contributed by atoms with Crippen molar-refractivity contribution >= 4 is 23.4 Å². The predicted octanol–water partition coefficient (Wildman–Crippen LogP) is 2.56. The Hall–Kier alpha value is -3.42. The molecule has 4 rings (SSSR count). The number of amides is 2. The van der Waals surface area contributed by atoms with Gasteiger partial charge in [-0.05, 0) is 30.3 Å². The third-order valence-electron chi connectivity index (χ3n) is 4.82. The van der Waals surface area contributed by atoms with Crippen LogP contribution in [-0.2, 0) is 4.74 Å². The van der Waals surface area contributed by atoms with Gasteiger partial charge in [0.15, 0.2) is 11.5 Å². The minimum Gasteiger partial charge on any atom is -0.465 e. The molecule has 0 saturated carbocycles. The van der Waals surface area contributed by atoms with Crippen molar-refractivity contribution in [3.05, 3.63) is 48.0 Å². The van der Waals surface area contributed by atoms with Gasteiger partial charge >= 0.3 is 12.0 Å². The molecule has 0 atom stereocenters. The fourth-order valence-electron chi connectivity index (χ4n) is 3.29. The quantitative estimate of drug-likeness (QED) is 0.821. The monoisotopic (exact) mass is 383 g/mol. The van der Waals surface area contributed by atoms with E-state index in [2.05, 4.69) is 10.2 Å². The summed E-state index contributed by atoms with van der Waals surface area (Å²) in [7, 11) is 1.33. The molecular formula is C20H21N3O5. The van der Waals surface area contributed by atoms with Gasteiger partial charge in [-0.15, -0.1) is 0 Å². The number of piperazine rings is 1. The fraction of sp³-hybridized carbons (Fsp3) is 0.300. The highest BCUT2D eigenvalue weighted by Gasteiger charge is 2.23. The van der Waals surface area contributed by atoms with Crippen molar-refractivity contribution in [2.24, 2.45) is 0 Å². The zero-order valence-electron chi connectivity index (χ0n) is 15.5. The van der Waals surface area contributed by atoms with Crippen LogP contribution in [0.2, 0.25) is 0 Å². The summed E-state index contributed by atoms with van der Waals surface area (Å²) in [5, 5.41) is 2.84. The highest BCUT2D eigenvalue weighted by atomic mass is 16.7. The normalized spacial score (nSPS) is 15.3. The Labute approximate surface area is 162 Å². The Morgan fingerprint density at radius 1 is 1.00 bits per heavy atom. The maximum absolute atomic E-state index is 12.6. The van der Waals surface area contributed by atoms with Crippen LogP contribution in [0.1, 0.15) is 10.4 Å². The second-order valence-corrected chi connectivity index (χ2v) is 6.51. The molecule has 0 bridgehead atoms. The molecule has 2 aliphatic heterocycles. The number of methoxy groups -OCH3 is 1. The van der Waals surface area contributed by atoms with Crippen molar-refractivity contribution in [1.29, 1.82) is 0 Å². The number of benzene rings is 2. The molecule has 2 aliphatic rings. The van der Waals surface area contributed by atoms with Gasteiger partial charge in [-0.1, -0.05) is 6.07 Å². The molecule has 1 fully saturated rings. The third-order valence-corrected chi connectivity index (χ3v) is 4.82. The zero-order chi connectivity index (χ0) is 19.5. The van der Waals surface area contributed by atoms with Crippen LogP contribution in [0.3, 0.4) is 0 Å². The van der Waals surface area contributed by atoms with E-state index in [9.17, 15) is 9.59 Å². The number of carbonyl (C=O) groups is 2. The smallest absolute Gasteiger partial charge is 0.337 e. The molecule has 2 aromatic rings. The molecule has 0 aromatic heterocycles. The average molecular weight is 383 g/mol. The molecule has 2 aromatic carbocycles. The molecule has 146 valence electrons. The highest BCUT2D eigenvalue weighted by molar-refractivity contribution is 5.94. The molecule has 8 heteroatoms. The van der Waals surface area contributed by atoms with Crippen molar-refractivity contribution in [1.82, 2.24) is 4.90 Å². The first kappa shape index (κ1) is 18.0. The summed E-state index contributed by atoms with van der Waals surface area (Å²) < 4.78 is 15.5. The van der Waals surface area contributed by atoms with E-state index in [0.717, 1.165) is 30.3 Å². The van der Waals surface area contributed by atoms with Crippen LogP contribution in [-0.4, -0.2) is 57.0 Å². The maximum Gasteiger partial charge on any atom is 0.337 e. The minimum atomic E-state index is -0.437. The van der Waals surface area contributed by atoms with Crippen molar-refractivity contribution in [2.75, 3.05) is 50.3 Å². The summed E-state index contributed by atoms with van der Waals surface area (Å²) in [5.74, 6) is 1.08. The second kappa shape index (κ2) is 7.67. The average Bonchev–Trinajstić information content (AvgIpc) is 3.21. The number of anilines is 2. The molecule has 0 radical (unpaired) electrons. The first-order chi connectivity index (χ1) is 13.6. The maximum atomic E-state index is 12.6. The van der Waals surface area contributed by atoms with Crippen LogP contribution in [0.5, 0.6) is 11.5 Å². The summed E-state index contributed by atoms with van der Waals surface area (Å²) in [4.78, 5) is 28.2. The Kier molecular flexibility index (Phi) is 4.92. The molecule has 8 nitrogen and oxygen atoms in total. The number of fused-ring (bicyclic) bond motifs is 1. The second-order valence-electron chi connectivity index (χ2n) is 6.51. The van der Waals surface area contributed by atoms with Gasteiger partial charge in [-0.25, -0.2) is 9.59 Å². The van der Waals surface area contributed by atoms with Crippen molar-refractivity contribution in [2.45, 2.75) is 0 Å². The Morgan fingerprint density at radius 2 is 1.79 bits per heavy atom. The van der Waals surface area contributed by atoms with Crippen LogP contribution in [0.25, 0.3) is 0 Å². The standard InChI is InChI=1S/C20H21N3O5/c1-26-19(24)14-3-2-4-15(11-14)21-20(25)23-9-7-22(8-10-23)16-5-6-17-18(12-16)28-13-27-17/h2-6,11-12H,7-10,13H2,1H3,(H,21,25). The van der Waals surface area contributed by atoms with Crippen LogP contribution >= 0.6 is 0 Å². The van der Waals surface area contributed by atoms with E-state index in [1.54, 1.807) is 29.2 Å². The number of esters is 1. The molecule has 2 amide bonds. The van der Waals surface area contributed by atoms with Gasteiger partial charge in [0.25, 0.3) is 0 Å². The lowest BCUT2D eigenvalue weighted by atomic mass is 10.2. The molecule has 0 aliphatic carbocycles. The van der Waals surface area contributed by atoms with E-state index in [-0.39, 0.29) is 12.8 Å². The lowest BCUT2D eigenvalue weighted by Crippen LogP contribution is -2.50. The molecule has 0 spiro atoms. The van der Waals surface area contributed by atoms with Crippen LogP contribution in [0.15, 0.2) is 42.5 Å². The van der Waals surface area contributed by atoms with Gasteiger partial charge in [-0.2, -0.15) is 0 Å². The van der Waals surface area contributed by atoms with E-state index in [0.29, 0.717) is 24.3 Å². The molecule has 1 saturated heterocycles. The summed E-state index contributed by atoms with van der Waals surface area (Å²) in [5.41, 5.74) is 2.01. The van der Waals surface area contributed by atoms with E-state index in [1.807, 2.05) is 18.2 Å². The number of nitrogens with zero attached hydrogens (tertiary/aromatic N) is 2. The van der Waals surface area contributed by atoms with Crippen molar-refractivity contribution in [3.8, 4) is 11.5 Å². The third kappa shape index (κ3) is 3.66. The van der Waals surface area contributed by atoms with Gasteiger partial charge in [0, 0.05) is 43.6 Å². The van der Waals surface area contributed by atoms with Gasteiger partial charge in [0.05, 0.1) is 12.7 Å². The summed E-state index contributed by atoms with van der Waals surface area (Å²) >= 11 is 0. The van der Waals surface area contributed by atoms with E-state index < -0.39 is 5.97 Å². The topological polar surface area (TPSA) is 80.3 Å². The zero-order valence-corrected chi connectivity index (χ0v) is 15.5. The minimum absolute atomic E-state index is 0.188. The first-order valence-electron chi connectivity index (χ1n) is 9.03. The molecule has 2 heterocycles.